The van der Waals surface area contributed by atoms with Crippen molar-refractivity contribution in [3.05, 3.63) is 46.7 Å². The molecule has 0 saturated carbocycles. The molecular weight excluding hydrogens is 300 g/mol. The third kappa shape index (κ3) is 2.96. The first-order chi connectivity index (χ1) is 10.7. The van der Waals surface area contributed by atoms with Crippen LogP contribution in [-0.2, 0) is 4.79 Å². The molecule has 6 heteroatoms. The van der Waals surface area contributed by atoms with Crippen LogP contribution >= 0.6 is 11.3 Å². The summed E-state index contributed by atoms with van der Waals surface area (Å²) < 4.78 is 5.07. The SMILES string of the molecule is COc1ccc(NC(=O)C2CN(C(=O)c3cccs3)C2)cc1. The molecule has 22 heavy (non-hydrogen) atoms. The Labute approximate surface area is 132 Å². The van der Waals surface area contributed by atoms with Crippen LogP contribution in [0.2, 0.25) is 0 Å². The summed E-state index contributed by atoms with van der Waals surface area (Å²) in [7, 11) is 1.60. The van der Waals surface area contributed by atoms with E-state index < -0.39 is 0 Å². The Morgan fingerprint density at radius 3 is 2.55 bits per heavy atom. The predicted octanol–water partition coefficient (Wildman–Crippen LogP) is 2.47. The zero-order valence-electron chi connectivity index (χ0n) is 12.1. The third-order valence-electron chi connectivity index (χ3n) is 3.63. The number of amides is 2. The highest BCUT2D eigenvalue weighted by atomic mass is 32.1. The Morgan fingerprint density at radius 2 is 1.95 bits per heavy atom. The van der Waals surface area contributed by atoms with Crippen LogP contribution in [0.3, 0.4) is 0 Å². The first kappa shape index (κ1) is 14.6. The lowest BCUT2D eigenvalue weighted by Gasteiger charge is -2.37. The van der Waals surface area contributed by atoms with Gasteiger partial charge in [-0.05, 0) is 35.7 Å². The minimum absolute atomic E-state index is 0.00324. The first-order valence-electron chi connectivity index (χ1n) is 6.95. The van der Waals surface area contributed by atoms with Gasteiger partial charge in [-0.3, -0.25) is 9.59 Å². The second-order valence-corrected chi connectivity index (χ2v) is 6.05. The smallest absolute Gasteiger partial charge is 0.263 e. The number of methoxy groups -OCH3 is 1. The summed E-state index contributed by atoms with van der Waals surface area (Å²) >= 11 is 1.42. The second-order valence-electron chi connectivity index (χ2n) is 5.10. The molecule has 1 aromatic heterocycles. The van der Waals surface area contributed by atoms with Crippen LogP contribution in [0.4, 0.5) is 5.69 Å². The van der Waals surface area contributed by atoms with Crippen LogP contribution in [0.15, 0.2) is 41.8 Å². The van der Waals surface area contributed by atoms with E-state index in [1.807, 2.05) is 11.4 Å². The highest BCUT2D eigenvalue weighted by molar-refractivity contribution is 7.12. The van der Waals surface area contributed by atoms with E-state index in [1.54, 1.807) is 42.3 Å². The average molecular weight is 316 g/mol. The molecule has 3 rings (SSSR count). The lowest BCUT2D eigenvalue weighted by molar-refractivity contribution is -0.123. The fourth-order valence-corrected chi connectivity index (χ4v) is 2.98. The van der Waals surface area contributed by atoms with E-state index >= 15 is 0 Å². The fraction of sp³-hybridized carbons (Fsp3) is 0.250. The number of hydrogen-bond acceptors (Lipinski definition) is 4. The molecule has 0 aliphatic carbocycles. The zero-order chi connectivity index (χ0) is 15.5. The van der Waals surface area contributed by atoms with Crippen LogP contribution in [0, 0.1) is 5.92 Å². The molecule has 2 amide bonds. The van der Waals surface area contributed by atoms with Gasteiger partial charge in [-0.1, -0.05) is 6.07 Å². The van der Waals surface area contributed by atoms with Crippen molar-refractivity contribution in [3.8, 4) is 5.75 Å². The van der Waals surface area contributed by atoms with Crippen molar-refractivity contribution in [3.63, 3.8) is 0 Å². The maximum Gasteiger partial charge on any atom is 0.263 e. The molecule has 1 saturated heterocycles. The summed E-state index contributed by atoms with van der Waals surface area (Å²) in [6.07, 6.45) is 0. The molecule has 0 bridgehead atoms. The van der Waals surface area contributed by atoms with E-state index in [9.17, 15) is 9.59 Å². The number of benzene rings is 1. The van der Waals surface area contributed by atoms with E-state index in [0.29, 0.717) is 18.0 Å². The normalized spacial score (nSPS) is 14.3. The van der Waals surface area contributed by atoms with Gasteiger partial charge in [0.15, 0.2) is 0 Å². The quantitative estimate of drug-likeness (QED) is 0.942. The molecule has 1 fully saturated rings. The number of anilines is 1. The Bertz CT molecular complexity index is 661. The summed E-state index contributed by atoms with van der Waals surface area (Å²) in [5.74, 6) is 0.546. The van der Waals surface area contributed by atoms with Crippen molar-refractivity contribution >= 4 is 28.8 Å². The van der Waals surface area contributed by atoms with Gasteiger partial charge in [-0.25, -0.2) is 0 Å². The molecule has 0 unspecified atom stereocenters. The third-order valence-corrected chi connectivity index (χ3v) is 4.49. The summed E-state index contributed by atoms with van der Waals surface area (Å²) in [5.41, 5.74) is 0.730. The Kier molecular flexibility index (Phi) is 4.11. The maximum atomic E-state index is 12.1. The Morgan fingerprint density at radius 1 is 1.23 bits per heavy atom. The predicted molar refractivity (Wildman–Crippen MR) is 85.3 cm³/mol. The van der Waals surface area contributed by atoms with Crippen molar-refractivity contribution in [2.75, 3.05) is 25.5 Å². The largest absolute Gasteiger partial charge is 0.497 e. The van der Waals surface area contributed by atoms with Crippen molar-refractivity contribution in [1.29, 1.82) is 0 Å². The Hall–Kier alpha value is -2.34. The first-order valence-corrected chi connectivity index (χ1v) is 7.83. The van der Waals surface area contributed by atoms with Gasteiger partial charge in [0.2, 0.25) is 5.91 Å². The number of carbonyl (C=O) groups is 2. The Balaban J connectivity index is 1.51. The number of ether oxygens (including phenoxy) is 1. The zero-order valence-corrected chi connectivity index (χ0v) is 12.9. The maximum absolute atomic E-state index is 12.1. The van der Waals surface area contributed by atoms with Gasteiger partial charge in [0, 0.05) is 18.8 Å². The van der Waals surface area contributed by atoms with E-state index in [4.69, 9.17) is 4.74 Å². The highest BCUT2D eigenvalue weighted by Crippen LogP contribution is 2.23. The molecule has 1 N–H and O–H groups in total. The molecule has 2 heterocycles. The molecule has 0 atom stereocenters. The van der Waals surface area contributed by atoms with E-state index in [0.717, 1.165) is 11.4 Å². The number of likely N-dealkylation sites (tertiary alicyclic amines) is 1. The van der Waals surface area contributed by atoms with Crippen molar-refractivity contribution in [2.45, 2.75) is 0 Å². The van der Waals surface area contributed by atoms with Gasteiger partial charge in [0.05, 0.1) is 17.9 Å². The number of thiophene rings is 1. The molecular formula is C16H16N2O3S. The van der Waals surface area contributed by atoms with Gasteiger partial charge in [0.25, 0.3) is 5.91 Å². The summed E-state index contributed by atoms with van der Waals surface area (Å²) in [5, 5.41) is 4.74. The van der Waals surface area contributed by atoms with E-state index in [2.05, 4.69) is 5.32 Å². The number of carbonyl (C=O) groups excluding carboxylic acids is 2. The van der Waals surface area contributed by atoms with Gasteiger partial charge in [-0.15, -0.1) is 11.3 Å². The number of rotatable bonds is 4. The molecule has 0 radical (unpaired) electrons. The molecule has 2 aromatic rings. The molecule has 0 spiro atoms. The average Bonchev–Trinajstić information content (AvgIpc) is 3.00. The number of nitrogens with one attached hydrogen (secondary N) is 1. The second kappa shape index (κ2) is 6.19. The van der Waals surface area contributed by atoms with Crippen LogP contribution in [0.5, 0.6) is 5.75 Å². The van der Waals surface area contributed by atoms with Gasteiger partial charge >= 0.3 is 0 Å². The number of hydrogen-bond donors (Lipinski definition) is 1. The molecule has 1 aromatic carbocycles. The number of nitrogens with zero attached hydrogens (tertiary/aromatic N) is 1. The molecule has 1 aliphatic heterocycles. The van der Waals surface area contributed by atoms with Crippen LogP contribution in [-0.4, -0.2) is 36.9 Å². The fourth-order valence-electron chi connectivity index (χ4n) is 2.28. The lowest BCUT2D eigenvalue weighted by atomic mass is 9.98. The molecule has 1 aliphatic rings. The van der Waals surface area contributed by atoms with Gasteiger partial charge < -0.3 is 15.0 Å². The topological polar surface area (TPSA) is 58.6 Å². The standard InChI is InChI=1S/C16H16N2O3S/c1-21-13-6-4-12(5-7-13)17-15(19)11-9-18(10-11)16(20)14-3-2-8-22-14/h2-8,11H,9-10H2,1H3,(H,17,19). The van der Waals surface area contributed by atoms with Crippen LogP contribution in [0.1, 0.15) is 9.67 Å². The van der Waals surface area contributed by atoms with Gasteiger partial charge in [0.1, 0.15) is 5.75 Å². The van der Waals surface area contributed by atoms with Gasteiger partial charge in [-0.2, -0.15) is 0 Å². The van der Waals surface area contributed by atoms with Crippen LogP contribution < -0.4 is 10.1 Å². The summed E-state index contributed by atoms with van der Waals surface area (Å²) in [6, 6.07) is 10.8. The van der Waals surface area contributed by atoms with Crippen LogP contribution in [0.25, 0.3) is 0 Å². The summed E-state index contributed by atoms with van der Waals surface area (Å²) in [4.78, 5) is 26.6. The van der Waals surface area contributed by atoms with Crippen molar-refractivity contribution in [2.24, 2.45) is 5.92 Å². The monoisotopic (exact) mass is 316 g/mol. The minimum Gasteiger partial charge on any atom is -0.497 e. The van der Waals surface area contributed by atoms with E-state index in [-0.39, 0.29) is 17.7 Å². The summed E-state index contributed by atoms with van der Waals surface area (Å²) in [6.45, 7) is 0.942. The van der Waals surface area contributed by atoms with Crippen molar-refractivity contribution in [1.82, 2.24) is 4.90 Å². The molecule has 5 nitrogen and oxygen atoms in total. The van der Waals surface area contributed by atoms with E-state index in [1.165, 1.54) is 11.3 Å². The molecule has 114 valence electrons. The lowest BCUT2D eigenvalue weighted by Crippen LogP contribution is -2.54. The van der Waals surface area contributed by atoms with Crippen molar-refractivity contribution < 1.29 is 14.3 Å². The highest BCUT2D eigenvalue weighted by Gasteiger charge is 2.36. The minimum atomic E-state index is -0.147.